The summed E-state index contributed by atoms with van der Waals surface area (Å²) in [7, 11) is 0. The number of hydrogen-bond donors (Lipinski definition) is 0. The van der Waals surface area contributed by atoms with Crippen molar-refractivity contribution in [3.05, 3.63) is 18.1 Å². The Morgan fingerprint density at radius 2 is 2.22 bits per heavy atom. The van der Waals surface area contributed by atoms with Gasteiger partial charge in [0.05, 0.1) is 0 Å². The van der Waals surface area contributed by atoms with Crippen LogP contribution in [0.15, 0.2) is 11.6 Å². The maximum Gasteiger partial charge on any atom is -0.00782 e. The van der Waals surface area contributed by atoms with Crippen LogP contribution in [0.5, 0.6) is 0 Å². The van der Waals surface area contributed by atoms with Gasteiger partial charge in [0.25, 0.3) is 0 Å². The van der Waals surface area contributed by atoms with Crippen molar-refractivity contribution in [2.24, 2.45) is 5.41 Å². The van der Waals surface area contributed by atoms with Crippen LogP contribution in [0, 0.1) is 11.8 Å². The van der Waals surface area contributed by atoms with Crippen molar-refractivity contribution in [1.29, 1.82) is 0 Å². The Balaban J connectivity index is 2.50. The highest BCUT2D eigenvalue weighted by Crippen LogP contribution is 2.36. The van der Waals surface area contributed by atoms with E-state index in [0.29, 0.717) is 5.41 Å². The van der Waals surface area contributed by atoms with E-state index in [-0.39, 0.29) is 0 Å². The molecule has 51 valence electrons. The van der Waals surface area contributed by atoms with E-state index in [4.69, 9.17) is 0 Å². The summed E-state index contributed by atoms with van der Waals surface area (Å²) in [5, 5.41) is 0. The van der Waals surface area contributed by atoms with Gasteiger partial charge in [-0.3, -0.25) is 0 Å². The number of hydrogen-bond acceptors (Lipinski definition) is 0. The van der Waals surface area contributed by atoms with Crippen LogP contribution in [0.4, 0.5) is 0 Å². The Kier molecular flexibility index (Phi) is 1.65. The SMILES string of the molecule is CCC1=CCC(C)(C)[CH]1. The second-order valence-electron chi connectivity index (χ2n) is 3.47. The molecule has 0 N–H and O–H groups in total. The fourth-order valence-electron chi connectivity index (χ4n) is 1.26. The zero-order valence-corrected chi connectivity index (χ0v) is 6.57. The topological polar surface area (TPSA) is 0 Å². The first-order valence-corrected chi connectivity index (χ1v) is 3.69. The maximum absolute atomic E-state index is 2.38. The highest BCUT2D eigenvalue weighted by Gasteiger charge is 2.23. The third-order valence-corrected chi connectivity index (χ3v) is 1.87. The van der Waals surface area contributed by atoms with E-state index in [2.05, 4.69) is 33.3 Å². The lowest BCUT2D eigenvalue weighted by molar-refractivity contribution is 0.474. The summed E-state index contributed by atoms with van der Waals surface area (Å²) in [5.74, 6) is 0. The number of allylic oxidation sites excluding steroid dienone is 2. The highest BCUT2D eigenvalue weighted by molar-refractivity contribution is 5.24. The van der Waals surface area contributed by atoms with E-state index < -0.39 is 0 Å². The first-order valence-electron chi connectivity index (χ1n) is 3.69. The third kappa shape index (κ3) is 1.57. The Hall–Kier alpha value is -0.260. The largest absolute Gasteiger partial charge is 0.0845 e. The first-order chi connectivity index (χ1) is 4.14. The Morgan fingerprint density at radius 3 is 2.44 bits per heavy atom. The molecule has 0 saturated heterocycles. The van der Waals surface area contributed by atoms with E-state index in [1.165, 1.54) is 18.4 Å². The summed E-state index contributed by atoms with van der Waals surface area (Å²) in [6.45, 7) is 6.78. The van der Waals surface area contributed by atoms with Crippen LogP contribution in [0.1, 0.15) is 33.6 Å². The first kappa shape index (κ1) is 6.85. The van der Waals surface area contributed by atoms with Gasteiger partial charge >= 0.3 is 0 Å². The molecular formula is C9H15. The molecule has 0 atom stereocenters. The monoisotopic (exact) mass is 123 g/mol. The molecule has 1 radical (unpaired) electrons. The normalized spacial score (nSPS) is 24.1. The molecule has 0 aliphatic heterocycles. The second kappa shape index (κ2) is 2.17. The van der Waals surface area contributed by atoms with Crippen LogP contribution in [0.25, 0.3) is 0 Å². The van der Waals surface area contributed by atoms with Gasteiger partial charge in [0.15, 0.2) is 0 Å². The molecule has 9 heavy (non-hydrogen) atoms. The summed E-state index contributed by atoms with van der Waals surface area (Å²) in [4.78, 5) is 0. The van der Waals surface area contributed by atoms with Crippen LogP contribution < -0.4 is 0 Å². The van der Waals surface area contributed by atoms with Crippen molar-refractivity contribution in [2.45, 2.75) is 33.6 Å². The summed E-state index contributed by atoms with van der Waals surface area (Å²) in [5.41, 5.74) is 1.98. The van der Waals surface area contributed by atoms with Gasteiger partial charge < -0.3 is 0 Å². The van der Waals surface area contributed by atoms with Gasteiger partial charge in [0.1, 0.15) is 0 Å². The van der Waals surface area contributed by atoms with Crippen molar-refractivity contribution in [3.8, 4) is 0 Å². The van der Waals surface area contributed by atoms with Gasteiger partial charge in [-0.1, -0.05) is 32.4 Å². The molecule has 1 aliphatic carbocycles. The van der Waals surface area contributed by atoms with Gasteiger partial charge in [-0.25, -0.2) is 0 Å². The Morgan fingerprint density at radius 1 is 1.56 bits per heavy atom. The molecule has 0 amide bonds. The molecule has 0 spiro atoms. The Labute approximate surface area is 58.0 Å². The predicted molar refractivity (Wildman–Crippen MR) is 41.1 cm³/mol. The van der Waals surface area contributed by atoms with Crippen molar-refractivity contribution in [2.75, 3.05) is 0 Å². The van der Waals surface area contributed by atoms with Crippen LogP contribution in [-0.2, 0) is 0 Å². The molecular weight excluding hydrogens is 108 g/mol. The van der Waals surface area contributed by atoms with Gasteiger partial charge in [-0.05, 0) is 24.7 Å². The van der Waals surface area contributed by atoms with Gasteiger partial charge in [-0.2, -0.15) is 0 Å². The van der Waals surface area contributed by atoms with Crippen molar-refractivity contribution < 1.29 is 0 Å². The molecule has 0 bridgehead atoms. The molecule has 0 heterocycles. The average Bonchev–Trinajstić information content (AvgIpc) is 2.10. The van der Waals surface area contributed by atoms with Crippen molar-refractivity contribution in [1.82, 2.24) is 0 Å². The lowest BCUT2D eigenvalue weighted by Crippen LogP contribution is -2.05. The zero-order chi connectivity index (χ0) is 6.91. The minimum absolute atomic E-state index is 0.450. The summed E-state index contributed by atoms with van der Waals surface area (Å²) >= 11 is 0. The van der Waals surface area contributed by atoms with Crippen LogP contribution >= 0.6 is 0 Å². The molecule has 0 aromatic carbocycles. The molecule has 0 aromatic heterocycles. The van der Waals surface area contributed by atoms with E-state index >= 15 is 0 Å². The maximum atomic E-state index is 2.38. The van der Waals surface area contributed by atoms with Crippen LogP contribution in [-0.4, -0.2) is 0 Å². The molecule has 0 heteroatoms. The molecule has 0 unspecified atom stereocenters. The minimum Gasteiger partial charge on any atom is -0.0845 e. The van der Waals surface area contributed by atoms with E-state index in [1.54, 1.807) is 0 Å². The smallest absolute Gasteiger partial charge is 0.00782 e. The minimum atomic E-state index is 0.450. The summed E-state index contributed by atoms with van der Waals surface area (Å²) < 4.78 is 0. The summed E-state index contributed by atoms with van der Waals surface area (Å²) in [6, 6.07) is 0. The highest BCUT2D eigenvalue weighted by atomic mass is 14.3. The molecule has 1 rings (SSSR count). The number of rotatable bonds is 1. The lowest BCUT2D eigenvalue weighted by Gasteiger charge is -2.15. The Bertz CT molecular complexity index is 129. The fourth-order valence-corrected chi connectivity index (χ4v) is 1.26. The molecule has 0 fully saturated rings. The molecule has 0 saturated carbocycles. The second-order valence-corrected chi connectivity index (χ2v) is 3.47. The average molecular weight is 123 g/mol. The van der Waals surface area contributed by atoms with Crippen molar-refractivity contribution in [3.63, 3.8) is 0 Å². The predicted octanol–water partition coefficient (Wildman–Crippen LogP) is 2.96. The fraction of sp³-hybridized carbons (Fsp3) is 0.667. The van der Waals surface area contributed by atoms with Crippen LogP contribution in [0.3, 0.4) is 0 Å². The summed E-state index contributed by atoms with van der Waals surface area (Å²) in [6.07, 6.45) is 7.16. The van der Waals surface area contributed by atoms with Gasteiger partial charge in [0.2, 0.25) is 0 Å². The van der Waals surface area contributed by atoms with Crippen LogP contribution in [0.2, 0.25) is 0 Å². The lowest BCUT2D eigenvalue weighted by atomic mass is 9.89. The zero-order valence-electron chi connectivity index (χ0n) is 6.57. The van der Waals surface area contributed by atoms with E-state index in [9.17, 15) is 0 Å². The van der Waals surface area contributed by atoms with Crippen molar-refractivity contribution >= 4 is 0 Å². The van der Waals surface area contributed by atoms with Gasteiger partial charge in [0, 0.05) is 0 Å². The van der Waals surface area contributed by atoms with Gasteiger partial charge in [-0.15, -0.1) is 0 Å². The quantitative estimate of drug-likeness (QED) is 0.503. The molecule has 0 aromatic rings. The molecule has 1 aliphatic rings. The van der Waals surface area contributed by atoms with E-state index in [1.807, 2.05) is 0 Å². The standard InChI is InChI=1S/C9H15/c1-4-8-5-6-9(2,3)7-8/h5,7H,4,6H2,1-3H3. The third-order valence-electron chi connectivity index (χ3n) is 1.87. The molecule has 0 nitrogen and oxygen atoms in total. The van der Waals surface area contributed by atoms with E-state index in [0.717, 1.165) is 0 Å².